The van der Waals surface area contributed by atoms with E-state index in [2.05, 4.69) is 46.1 Å². The number of para-hydroxylation sites is 1. The molecule has 21 heavy (non-hydrogen) atoms. The van der Waals surface area contributed by atoms with Crippen molar-refractivity contribution in [3.8, 4) is 5.75 Å². The fourth-order valence-corrected chi connectivity index (χ4v) is 2.97. The minimum absolute atomic E-state index is 0.0251. The lowest BCUT2D eigenvalue weighted by Crippen LogP contribution is -2.43. The molecule has 0 unspecified atom stereocenters. The second kappa shape index (κ2) is 7.24. The number of nitrogens with one attached hydrogen (secondary N) is 1. The molecule has 2 aromatic carbocycles. The van der Waals surface area contributed by atoms with Gasteiger partial charge in [-0.15, -0.1) is 0 Å². The molecule has 1 aliphatic heterocycles. The van der Waals surface area contributed by atoms with Crippen LogP contribution in [0.15, 0.2) is 54.6 Å². The van der Waals surface area contributed by atoms with Crippen LogP contribution in [-0.4, -0.2) is 25.8 Å². The summed E-state index contributed by atoms with van der Waals surface area (Å²) in [6.45, 7) is 2.44. The van der Waals surface area contributed by atoms with Crippen LogP contribution in [0.4, 0.5) is 0 Å². The summed E-state index contributed by atoms with van der Waals surface area (Å²) in [6.07, 6.45) is -0.0768. The second-order valence-electron chi connectivity index (χ2n) is 4.99. The van der Waals surface area contributed by atoms with Crippen LogP contribution >= 0.6 is 22.6 Å². The average molecular weight is 395 g/mol. The highest BCUT2D eigenvalue weighted by Gasteiger charge is 2.28. The molecule has 3 rings (SSSR count). The van der Waals surface area contributed by atoms with Gasteiger partial charge in [0.05, 0.1) is 10.2 Å². The van der Waals surface area contributed by atoms with Gasteiger partial charge in [0.2, 0.25) is 0 Å². The van der Waals surface area contributed by atoms with Crippen molar-refractivity contribution in [2.45, 2.75) is 12.2 Å². The molecule has 1 aliphatic rings. The molecule has 4 heteroatoms. The summed E-state index contributed by atoms with van der Waals surface area (Å²) in [6, 6.07) is 18.4. The standard InChI is InChI=1S/C17H18INO2/c18-14-8-4-5-9-15(14)21-17(13-6-2-1-3-7-13)16-12-19-10-11-20-16/h1-9,16-17,19H,10-12H2/t16-,17+/m1/s1. The molecule has 1 heterocycles. The molecular formula is C17H18INO2. The second-order valence-corrected chi connectivity index (χ2v) is 6.16. The highest BCUT2D eigenvalue weighted by Crippen LogP contribution is 2.30. The van der Waals surface area contributed by atoms with E-state index in [4.69, 9.17) is 9.47 Å². The first-order valence-electron chi connectivity index (χ1n) is 7.13. The van der Waals surface area contributed by atoms with Gasteiger partial charge in [0, 0.05) is 13.1 Å². The Balaban J connectivity index is 1.87. The highest BCUT2D eigenvalue weighted by atomic mass is 127. The third-order valence-corrected chi connectivity index (χ3v) is 4.40. The van der Waals surface area contributed by atoms with Gasteiger partial charge in [-0.3, -0.25) is 0 Å². The summed E-state index contributed by atoms with van der Waals surface area (Å²) in [5.41, 5.74) is 1.14. The van der Waals surface area contributed by atoms with Gasteiger partial charge in [0.1, 0.15) is 11.9 Å². The van der Waals surface area contributed by atoms with Gasteiger partial charge in [-0.1, -0.05) is 42.5 Å². The van der Waals surface area contributed by atoms with E-state index >= 15 is 0 Å². The average Bonchev–Trinajstić information content (AvgIpc) is 2.56. The summed E-state index contributed by atoms with van der Waals surface area (Å²) in [4.78, 5) is 0. The summed E-state index contributed by atoms with van der Waals surface area (Å²) < 4.78 is 13.3. The third kappa shape index (κ3) is 3.75. The van der Waals surface area contributed by atoms with E-state index in [-0.39, 0.29) is 12.2 Å². The minimum atomic E-state index is -0.102. The summed E-state index contributed by atoms with van der Waals surface area (Å²) in [7, 11) is 0. The number of morpholine rings is 1. The zero-order chi connectivity index (χ0) is 14.5. The molecule has 0 amide bonds. The van der Waals surface area contributed by atoms with Gasteiger partial charge in [0.15, 0.2) is 6.10 Å². The Hall–Kier alpha value is -1.11. The van der Waals surface area contributed by atoms with Gasteiger partial charge in [-0.2, -0.15) is 0 Å². The molecule has 0 aliphatic carbocycles. The third-order valence-electron chi connectivity index (χ3n) is 3.51. The number of hydrogen-bond donors (Lipinski definition) is 1. The number of halogens is 1. The quantitative estimate of drug-likeness (QED) is 0.806. The maximum Gasteiger partial charge on any atom is 0.151 e. The summed E-state index contributed by atoms with van der Waals surface area (Å²) in [5.74, 6) is 0.904. The Labute approximate surface area is 138 Å². The molecule has 110 valence electrons. The van der Waals surface area contributed by atoms with Crippen LogP contribution in [-0.2, 0) is 4.74 Å². The Morgan fingerprint density at radius 2 is 1.86 bits per heavy atom. The Morgan fingerprint density at radius 3 is 2.57 bits per heavy atom. The SMILES string of the molecule is Ic1ccccc1O[C@@H](c1ccccc1)[C@H]1CNCCO1. The van der Waals surface area contributed by atoms with Crippen molar-refractivity contribution in [1.82, 2.24) is 5.32 Å². The van der Waals surface area contributed by atoms with E-state index in [0.717, 1.165) is 34.6 Å². The molecule has 0 bridgehead atoms. The van der Waals surface area contributed by atoms with Gasteiger partial charge in [-0.05, 0) is 40.3 Å². The molecule has 0 aromatic heterocycles. The van der Waals surface area contributed by atoms with Crippen molar-refractivity contribution in [2.75, 3.05) is 19.7 Å². The molecule has 1 saturated heterocycles. The number of benzene rings is 2. The molecular weight excluding hydrogens is 377 g/mol. The normalized spacial score (nSPS) is 20.0. The van der Waals surface area contributed by atoms with Crippen molar-refractivity contribution >= 4 is 22.6 Å². The molecule has 2 atom stereocenters. The van der Waals surface area contributed by atoms with E-state index in [1.54, 1.807) is 0 Å². The van der Waals surface area contributed by atoms with Crippen LogP contribution in [0.5, 0.6) is 5.75 Å². The first-order chi connectivity index (χ1) is 10.3. The van der Waals surface area contributed by atoms with Crippen LogP contribution in [0.1, 0.15) is 11.7 Å². The fraction of sp³-hybridized carbons (Fsp3) is 0.294. The Bertz CT molecular complexity index is 570. The van der Waals surface area contributed by atoms with E-state index in [1.165, 1.54) is 0 Å². The van der Waals surface area contributed by atoms with Crippen molar-refractivity contribution in [3.63, 3.8) is 0 Å². The van der Waals surface area contributed by atoms with Gasteiger partial charge < -0.3 is 14.8 Å². The van der Waals surface area contributed by atoms with Crippen molar-refractivity contribution in [1.29, 1.82) is 0 Å². The maximum atomic E-state index is 6.30. The van der Waals surface area contributed by atoms with E-state index in [1.807, 2.05) is 36.4 Å². The van der Waals surface area contributed by atoms with Gasteiger partial charge in [-0.25, -0.2) is 0 Å². The summed E-state index contributed by atoms with van der Waals surface area (Å²) >= 11 is 2.30. The molecule has 1 fully saturated rings. The lowest BCUT2D eigenvalue weighted by Gasteiger charge is -2.31. The first-order valence-corrected chi connectivity index (χ1v) is 8.21. The zero-order valence-corrected chi connectivity index (χ0v) is 13.8. The van der Waals surface area contributed by atoms with Crippen LogP contribution in [0.2, 0.25) is 0 Å². The monoisotopic (exact) mass is 395 g/mol. The molecule has 0 saturated carbocycles. The lowest BCUT2D eigenvalue weighted by atomic mass is 10.0. The first kappa shape index (κ1) is 14.8. The Morgan fingerprint density at radius 1 is 1.10 bits per heavy atom. The Kier molecular flexibility index (Phi) is 5.11. The van der Waals surface area contributed by atoms with Crippen LogP contribution in [0, 0.1) is 3.57 Å². The van der Waals surface area contributed by atoms with Crippen LogP contribution in [0.25, 0.3) is 0 Å². The number of ether oxygens (including phenoxy) is 2. The number of hydrogen-bond acceptors (Lipinski definition) is 3. The van der Waals surface area contributed by atoms with Gasteiger partial charge in [0.25, 0.3) is 0 Å². The number of rotatable bonds is 4. The van der Waals surface area contributed by atoms with Crippen molar-refractivity contribution in [3.05, 3.63) is 63.7 Å². The smallest absolute Gasteiger partial charge is 0.151 e. The largest absolute Gasteiger partial charge is 0.482 e. The molecule has 1 N–H and O–H groups in total. The van der Waals surface area contributed by atoms with Gasteiger partial charge >= 0.3 is 0 Å². The van der Waals surface area contributed by atoms with Crippen LogP contribution in [0.3, 0.4) is 0 Å². The topological polar surface area (TPSA) is 30.5 Å². The van der Waals surface area contributed by atoms with E-state index in [9.17, 15) is 0 Å². The van der Waals surface area contributed by atoms with Crippen molar-refractivity contribution < 1.29 is 9.47 Å². The zero-order valence-electron chi connectivity index (χ0n) is 11.7. The summed E-state index contributed by atoms with van der Waals surface area (Å²) in [5, 5.41) is 3.38. The highest BCUT2D eigenvalue weighted by molar-refractivity contribution is 14.1. The molecule has 0 spiro atoms. The predicted molar refractivity (Wildman–Crippen MR) is 91.6 cm³/mol. The molecule has 0 radical (unpaired) electrons. The van der Waals surface area contributed by atoms with Crippen molar-refractivity contribution in [2.24, 2.45) is 0 Å². The minimum Gasteiger partial charge on any atom is -0.482 e. The maximum absolute atomic E-state index is 6.30. The van der Waals surface area contributed by atoms with E-state index in [0.29, 0.717) is 0 Å². The fourth-order valence-electron chi connectivity index (χ4n) is 2.46. The molecule has 2 aromatic rings. The lowest BCUT2D eigenvalue weighted by molar-refractivity contribution is -0.0435. The van der Waals surface area contributed by atoms with E-state index < -0.39 is 0 Å². The molecule has 3 nitrogen and oxygen atoms in total. The predicted octanol–water partition coefficient (Wildman–Crippen LogP) is 3.40. The van der Waals surface area contributed by atoms with Crippen LogP contribution < -0.4 is 10.1 Å².